The van der Waals surface area contributed by atoms with Gasteiger partial charge in [0.2, 0.25) is 5.91 Å². The first kappa shape index (κ1) is 22.0. The zero-order chi connectivity index (χ0) is 22.0. The van der Waals surface area contributed by atoms with Gasteiger partial charge in [0.1, 0.15) is 0 Å². The second kappa shape index (κ2) is 9.49. The lowest BCUT2D eigenvalue weighted by Gasteiger charge is -2.37. The number of para-hydroxylation sites is 1. The summed E-state index contributed by atoms with van der Waals surface area (Å²) in [5.41, 5.74) is 2.75. The summed E-state index contributed by atoms with van der Waals surface area (Å²) in [5.74, 6) is 1.23. The summed E-state index contributed by atoms with van der Waals surface area (Å²) in [6.45, 7) is 0.937. The SMILES string of the molecule is COc1cc2c(cc1OC)[C@@H](c1cccs1)N(CC(=O)Nc1c(Cl)cccc1Cl)CC2. The van der Waals surface area contributed by atoms with Crippen molar-refractivity contribution in [1.82, 2.24) is 4.90 Å². The molecule has 2 aromatic carbocycles. The quantitative estimate of drug-likeness (QED) is 0.498. The molecule has 0 spiro atoms. The molecule has 0 fully saturated rings. The van der Waals surface area contributed by atoms with E-state index in [0.717, 1.165) is 23.4 Å². The van der Waals surface area contributed by atoms with Crippen LogP contribution in [0.4, 0.5) is 5.69 Å². The molecule has 1 amide bonds. The first-order chi connectivity index (χ1) is 15.0. The molecule has 3 aromatic rings. The summed E-state index contributed by atoms with van der Waals surface area (Å²) in [5, 5.41) is 5.75. The maximum atomic E-state index is 12.9. The minimum absolute atomic E-state index is 0.0592. The molecule has 0 unspecified atom stereocenters. The number of ether oxygens (including phenoxy) is 2. The van der Waals surface area contributed by atoms with Crippen molar-refractivity contribution in [1.29, 1.82) is 0 Å². The van der Waals surface area contributed by atoms with Crippen molar-refractivity contribution in [3.8, 4) is 11.5 Å². The molecule has 0 bridgehead atoms. The number of methoxy groups -OCH3 is 2. The van der Waals surface area contributed by atoms with Gasteiger partial charge >= 0.3 is 0 Å². The number of benzene rings is 2. The van der Waals surface area contributed by atoms with E-state index >= 15 is 0 Å². The number of carbonyl (C=O) groups is 1. The predicted octanol–water partition coefficient (Wildman–Crippen LogP) is 5.66. The van der Waals surface area contributed by atoms with Gasteiger partial charge in [0.15, 0.2) is 11.5 Å². The van der Waals surface area contributed by atoms with E-state index in [1.54, 1.807) is 43.8 Å². The first-order valence-electron chi connectivity index (χ1n) is 9.78. The smallest absolute Gasteiger partial charge is 0.238 e. The molecule has 0 aliphatic carbocycles. The van der Waals surface area contributed by atoms with E-state index in [2.05, 4.69) is 16.3 Å². The second-order valence-corrected chi connectivity index (χ2v) is 8.98. The number of hydrogen-bond acceptors (Lipinski definition) is 5. The summed E-state index contributed by atoms with van der Waals surface area (Å²) in [7, 11) is 3.27. The lowest BCUT2D eigenvalue weighted by atomic mass is 9.91. The molecule has 8 heteroatoms. The highest BCUT2D eigenvalue weighted by Crippen LogP contribution is 2.42. The van der Waals surface area contributed by atoms with Crippen molar-refractivity contribution in [3.05, 3.63) is 73.9 Å². The van der Waals surface area contributed by atoms with E-state index < -0.39 is 0 Å². The van der Waals surface area contributed by atoms with E-state index in [1.807, 2.05) is 23.6 Å². The number of fused-ring (bicyclic) bond motifs is 1. The third-order valence-corrected chi connectivity index (χ3v) is 6.91. The molecule has 1 aromatic heterocycles. The second-order valence-electron chi connectivity index (χ2n) is 7.19. The van der Waals surface area contributed by atoms with Crippen LogP contribution in [0.3, 0.4) is 0 Å². The molecular formula is C23H22Cl2N2O3S. The van der Waals surface area contributed by atoms with Crippen LogP contribution in [0.5, 0.6) is 11.5 Å². The molecule has 1 aliphatic rings. The van der Waals surface area contributed by atoms with E-state index in [-0.39, 0.29) is 18.5 Å². The summed E-state index contributed by atoms with van der Waals surface area (Å²) < 4.78 is 11.0. The summed E-state index contributed by atoms with van der Waals surface area (Å²) in [4.78, 5) is 16.3. The number of hydrogen-bond donors (Lipinski definition) is 1. The van der Waals surface area contributed by atoms with Crippen molar-refractivity contribution in [2.75, 3.05) is 32.6 Å². The minimum Gasteiger partial charge on any atom is -0.493 e. The largest absolute Gasteiger partial charge is 0.493 e. The van der Waals surface area contributed by atoms with Crippen molar-refractivity contribution in [2.45, 2.75) is 12.5 Å². The maximum Gasteiger partial charge on any atom is 0.238 e. The molecule has 1 atom stereocenters. The maximum absolute atomic E-state index is 12.9. The van der Waals surface area contributed by atoms with Crippen LogP contribution in [0.2, 0.25) is 10.0 Å². The van der Waals surface area contributed by atoms with Crippen LogP contribution in [0.25, 0.3) is 0 Å². The highest BCUT2D eigenvalue weighted by atomic mass is 35.5. The average molecular weight is 477 g/mol. The number of rotatable bonds is 6. The number of halogens is 2. The van der Waals surface area contributed by atoms with E-state index in [4.69, 9.17) is 32.7 Å². The van der Waals surface area contributed by atoms with Gasteiger partial charge in [-0.3, -0.25) is 9.69 Å². The number of nitrogens with zero attached hydrogens (tertiary/aromatic N) is 1. The van der Waals surface area contributed by atoms with Gasteiger partial charge < -0.3 is 14.8 Å². The van der Waals surface area contributed by atoms with Crippen LogP contribution in [-0.4, -0.2) is 38.1 Å². The summed E-state index contributed by atoms with van der Waals surface area (Å²) in [6, 6.07) is 13.3. The predicted molar refractivity (Wildman–Crippen MR) is 126 cm³/mol. The Morgan fingerprint density at radius 2 is 1.84 bits per heavy atom. The minimum atomic E-state index is -0.166. The fourth-order valence-corrected chi connectivity index (χ4v) is 5.30. The Hall–Kier alpha value is -2.25. The average Bonchev–Trinajstić information content (AvgIpc) is 3.29. The van der Waals surface area contributed by atoms with Crippen LogP contribution >= 0.6 is 34.5 Å². The van der Waals surface area contributed by atoms with Gasteiger partial charge in [-0.1, -0.05) is 35.3 Å². The fraction of sp³-hybridized carbons (Fsp3) is 0.261. The number of nitrogens with one attached hydrogen (secondary N) is 1. The zero-order valence-electron chi connectivity index (χ0n) is 17.2. The number of carbonyl (C=O) groups excluding carboxylic acids is 1. The van der Waals surface area contributed by atoms with E-state index in [9.17, 15) is 4.79 Å². The molecule has 2 heterocycles. The molecule has 1 aliphatic heterocycles. The van der Waals surface area contributed by atoms with E-state index in [1.165, 1.54) is 5.56 Å². The van der Waals surface area contributed by atoms with Crippen LogP contribution in [-0.2, 0) is 11.2 Å². The van der Waals surface area contributed by atoms with Crippen molar-refractivity contribution >= 4 is 46.1 Å². The van der Waals surface area contributed by atoms with Gasteiger partial charge in [0.05, 0.1) is 42.5 Å². The first-order valence-corrected chi connectivity index (χ1v) is 11.4. The van der Waals surface area contributed by atoms with Gasteiger partial charge in [0.25, 0.3) is 0 Å². The lowest BCUT2D eigenvalue weighted by Crippen LogP contribution is -2.41. The Morgan fingerprint density at radius 3 is 2.48 bits per heavy atom. The highest BCUT2D eigenvalue weighted by molar-refractivity contribution is 7.10. The molecule has 0 saturated carbocycles. The third-order valence-electron chi connectivity index (χ3n) is 5.36. The molecule has 5 nitrogen and oxygen atoms in total. The normalized spacial score (nSPS) is 15.9. The van der Waals surface area contributed by atoms with Gasteiger partial charge in [-0.2, -0.15) is 0 Å². The van der Waals surface area contributed by atoms with Gasteiger partial charge in [0, 0.05) is 11.4 Å². The monoisotopic (exact) mass is 476 g/mol. The Kier molecular flexibility index (Phi) is 6.72. The number of thiophene rings is 1. The summed E-state index contributed by atoms with van der Waals surface area (Å²) >= 11 is 14.1. The number of anilines is 1. The standard InChI is InChI=1S/C23H22Cl2N2O3S/c1-29-18-11-14-8-9-27(13-21(28)26-22-16(24)5-3-6-17(22)25)23(20-7-4-10-31-20)15(14)12-19(18)30-2/h3-7,10-12,23H,8-9,13H2,1-2H3,(H,26,28)/t23-/m0/s1. The Labute approximate surface area is 195 Å². The zero-order valence-corrected chi connectivity index (χ0v) is 19.5. The van der Waals surface area contributed by atoms with Crippen LogP contribution in [0.1, 0.15) is 22.0 Å². The van der Waals surface area contributed by atoms with Gasteiger partial charge in [-0.05, 0) is 53.3 Å². The topological polar surface area (TPSA) is 50.8 Å². The third kappa shape index (κ3) is 4.53. The highest BCUT2D eigenvalue weighted by Gasteiger charge is 2.32. The molecule has 0 radical (unpaired) electrons. The molecule has 31 heavy (non-hydrogen) atoms. The lowest BCUT2D eigenvalue weighted by molar-refractivity contribution is -0.117. The van der Waals surface area contributed by atoms with Crippen molar-refractivity contribution in [2.24, 2.45) is 0 Å². The molecule has 0 saturated heterocycles. The molecule has 4 rings (SSSR count). The van der Waals surface area contributed by atoms with Crippen molar-refractivity contribution in [3.63, 3.8) is 0 Å². The summed E-state index contributed by atoms with van der Waals surface area (Å²) in [6.07, 6.45) is 0.803. The van der Waals surface area contributed by atoms with Crippen molar-refractivity contribution < 1.29 is 14.3 Å². The van der Waals surface area contributed by atoms with Crippen LogP contribution in [0.15, 0.2) is 47.8 Å². The van der Waals surface area contributed by atoms with Crippen LogP contribution in [0, 0.1) is 0 Å². The van der Waals surface area contributed by atoms with Gasteiger partial charge in [-0.15, -0.1) is 11.3 Å². The Bertz CT molecular complexity index is 1070. The Morgan fingerprint density at radius 1 is 1.13 bits per heavy atom. The molecular weight excluding hydrogens is 455 g/mol. The van der Waals surface area contributed by atoms with Crippen LogP contribution < -0.4 is 14.8 Å². The van der Waals surface area contributed by atoms with E-state index in [0.29, 0.717) is 27.2 Å². The van der Waals surface area contributed by atoms with Gasteiger partial charge in [-0.25, -0.2) is 0 Å². The fourth-order valence-electron chi connectivity index (χ4n) is 3.93. The molecule has 1 N–H and O–H groups in total. The molecule has 162 valence electrons. The number of amides is 1. The Balaban J connectivity index is 1.64.